The molecule has 0 amide bonds. The fourth-order valence-electron chi connectivity index (χ4n) is 4.69. The number of aromatic nitrogens is 3. The molecule has 6 nitrogen and oxygen atoms in total. The maximum Gasteiger partial charge on any atom is 0.256 e. The van der Waals surface area contributed by atoms with Crippen molar-refractivity contribution in [2.45, 2.75) is 57.9 Å². The van der Waals surface area contributed by atoms with Crippen molar-refractivity contribution in [1.82, 2.24) is 19.6 Å². The summed E-state index contributed by atoms with van der Waals surface area (Å²) in [7, 11) is 0. The van der Waals surface area contributed by atoms with Gasteiger partial charge in [0.25, 0.3) is 5.56 Å². The Bertz CT molecular complexity index is 1210. The third-order valence-corrected chi connectivity index (χ3v) is 6.43. The minimum Gasteiger partial charge on any atom is -0.356 e. The van der Waals surface area contributed by atoms with Gasteiger partial charge in [0.2, 0.25) is 0 Å². The van der Waals surface area contributed by atoms with E-state index in [2.05, 4.69) is 15.0 Å². The lowest BCUT2D eigenvalue weighted by Gasteiger charge is -2.31. The van der Waals surface area contributed by atoms with Crippen molar-refractivity contribution in [3.05, 3.63) is 57.1 Å². The zero-order chi connectivity index (χ0) is 22.5. The van der Waals surface area contributed by atoms with Gasteiger partial charge in [-0.25, -0.2) is 9.37 Å². The van der Waals surface area contributed by atoms with Crippen LogP contribution >= 0.6 is 0 Å². The normalized spacial score (nSPS) is 20.7. The summed E-state index contributed by atoms with van der Waals surface area (Å²) in [5, 5.41) is 5.09. The summed E-state index contributed by atoms with van der Waals surface area (Å²) in [6.07, 6.45) is 1.99. The monoisotopic (exact) mass is 412 g/mol. The Kier molecular flexibility index (Phi) is 4.55. The van der Waals surface area contributed by atoms with Crippen molar-refractivity contribution in [2.75, 3.05) is 19.6 Å². The quantitative estimate of drug-likeness (QED) is 0.655. The van der Waals surface area contributed by atoms with E-state index in [0.717, 1.165) is 43.6 Å². The molecule has 5 rings (SSSR count). The van der Waals surface area contributed by atoms with Gasteiger partial charge >= 0.3 is 0 Å². The third-order valence-electron chi connectivity index (χ3n) is 6.43. The SMILES string of the molecule is [2H]C1([2H])CCCn2c1nc(C)c(CCN1CCC(c3noc4cc(F)ccc34)CC1)c2=O. The van der Waals surface area contributed by atoms with Crippen molar-refractivity contribution < 1.29 is 11.7 Å². The van der Waals surface area contributed by atoms with Crippen LogP contribution in [0.25, 0.3) is 11.0 Å². The molecule has 7 heteroatoms. The van der Waals surface area contributed by atoms with Gasteiger partial charge in [0.05, 0.1) is 5.69 Å². The molecule has 0 N–H and O–H groups in total. The predicted molar refractivity (Wildman–Crippen MR) is 112 cm³/mol. The third kappa shape index (κ3) is 3.55. The highest BCUT2D eigenvalue weighted by Crippen LogP contribution is 2.32. The highest BCUT2D eigenvalue weighted by molar-refractivity contribution is 5.79. The van der Waals surface area contributed by atoms with E-state index >= 15 is 0 Å². The van der Waals surface area contributed by atoms with Crippen LogP contribution in [0, 0.1) is 12.7 Å². The lowest BCUT2D eigenvalue weighted by Crippen LogP contribution is -2.37. The van der Waals surface area contributed by atoms with E-state index in [1.54, 1.807) is 6.07 Å². The number of piperidine rings is 1. The Morgan fingerprint density at radius 3 is 2.93 bits per heavy atom. The van der Waals surface area contributed by atoms with Gasteiger partial charge in [-0.3, -0.25) is 9.36 Å². The zero-order valence-electron chi connectivity index (χ0n) is 19.2. The van der Waals surface area contributed by atoms with Crippen molar-refractivity contribution >= 4 is 11.0 Å². The van der Waals surface area contributed by atoms with Crippen LogP contribution in [0.5, 0.6) is 0 Å². The number of benzene rings is 1. The number of halogens is 1. The maximum atomic E-state index is 13.4. The van der Waals surface area contributed by atoms with E-state index in [9.17, 15) is 9.18 Å². The summed E-state index contributed by atoms with van der Waals surface area (Å²) in [5.74, 6) is 0.225. The second-order valence-electron chi connectivity index (χ2n) is 8.31. The summed E-state index contributed by atoms with van der Waals surface area (Å²) in [4.78, 5) is 19.9. The number of hydrogen-bond donors (Lipinski definition) is 0. The van der Waals surface area contributed by atoms with Crippen LogP contribution in [0.2, 0.25) is 0 Å². The van der Waals surface area contributed by atoms with E-state index in [1.807, 2.05) is 6.92 Å². The molecule has 158 valence electrons. The molecule has 1 fully saturated rings. The molecular formula is C23H27FN4O2. The molecule has 4 heterocycles. The highest BCUT2D eigenvalue weighted by Gasteiger charge is 2.25. The molecule has 2 aliphatic rings. The molecule has 3 aromatic rings. The van der Waals surface area contributed by atoms with Gasteiger partial charge in [0.15, 0.2) is 5.58 Å². The van der Waals surface area contributed by atoms with Gasteiger partial charge in [-0.1, -0.05) is 5.16 Å². The zero-order valence-corrected chi connectivity index (χ0v) is 17.2. The summed E-state index contributed by atoms with van der Waals surface area (Å²) in [6.45, 7) is 4.90. The van der Waals surface area contributed by atoms with Gasteiger partial charge in [0, 0.05) is 50.8 Å². The highest BCUT2D eigenvalue weighted by atomic mass is 19.1. The van der Waals surface area contributed by atoms with E-state index in [0.29, 0.717) is 42.6 Å². The molecule has 0 bridgehead atoms. The summed E-state index contributed by atoms with van der Waals surface area (Å²) in [5.41, 5.74) is 2.64. The minimum absolute atomic E-state index is 0.0905. The van der Waals surface area contributed by atoms with Crippen LogP contribution in [0.4, 0.5) is 4.39 Å². The van der Waals surface area contributed by atoms with Gasteiger partial charge in [-0.2, -0.15) is 0 Å². The average Bonchev–Trinajstić information content (AvgIpc) is 3.17. The van der Waals surface area contributed by atoms with Crippen LogP contribution < -0.4 is 5.56 Å². The second kappa shape index (κ2) is 7.95. The van der Waals surface area contributed by atoms with Crippen LogP contribution in [-0.4, -0.2) is 39.2 Å². The Balaban J connectivity index is 1.25. The van der Waals surface area contributed by atoms with Crippen molar-refractivity contribution in [3.8, 4) is 0 Å². The smallest absolute Gasteiger partial charge is 0.256 e. The van der Waals surface area contributed by atoms with Crippen LogP contribution in [0.15, 0.2) is 27.5 Å². The summed E-state index contributed by atoms with van der Waals surface area (Å²) < 4.78 is 36.6. The number of likely N-dealkylation sites (tertiary alicyclic amines) is 1. The molecule has 1 aromatic carbocycles. The van der Waals surface area contributed by atoms with Gasteiger partial charge in [0.1, 0.15) is 11.6 Å². The number of fused-ring (bicyclic) bond motifs is 2. The standard InChI is InChI=1S/C23H27FN4O2/c1-15-18(23(29)28-10-3-2-4-21(28)25-15)9-13-27-11-7-16(8-12-27)22-19-6-5-17(24)14-20(19)30-26-22/h5-6,14,16H,2-4,7-13H2,1H3/i4D2. The molecule has 2 aliphatic heterocycles. The van der Waals surface area contributed by atoms with Gasteiger partial charge in [-0.15, -0.1) is 0 Å². The number of aryl methyl sites for hydroxylation is 2. The lowest BCUT2D eigenvalue weighted by atomic mass is 9.91. The van der Waals surface area contributed by atoms with E-state index < -0.39 is 6.37 Å². The molecule has 0 atom stereocenters. The molecule has 30 heavy (non-hydrogen) atoms. The van der Waals surface area contributed by atoms with E-state index in [1.165, 1.54) is 16.7 Å². The molecule has 0 aliphatic carbocycles. The molecular weight excluding hydrogens is 383 g/mol. The topological polar surface area (TPSA) is 64.2 Å². The average molecular weight is 413 g/mol. The Morgan fingerprint density at radius 1 is 1.27 bits per heavy atom. The Morgan fingerprint density at radius 2 is 2.10 bits per heavy atom. The van der Waals surface area contributed by atoms with Crippen LogP contribution in [0.1, 0.15) is 57.1 Å². The van der Waals surface area contributed by atoms with Crippen LogP contribution in [0.3, 0.4) is 0 Å². The molecule has 0 unspecified atom stereocenters. The Labute approximate surface area is 177 Å². The predicted octanol–water partition coefficient (Wildman–Crippen LogP) is 3.59. The second-order valence-corrected chi connectivity index (χ2v) is 8.31. The van der Waals surface area contributed by atoms with Gasteiger partial charge < -0.3 is 9.42 Å². The molecule has 0 radical (unpaired) electrons. The summed E-state index contributed by atoms with van der Waals surface area (Å²) >= 11 is 0. The molecule has 2 aromatic heterocycles. The van der Waals surface area contributed by atoms with Crippen molar-refractivity contribution in [1.29, 1.82) is 0 Å². The first-order valence-electron chi connectivity index (χ1n) is 11.7. The summed E-state index contributed by atoms with van der Waals surface area (Å²) in [6, 6.07) is 4.56. The number of hydrogen-bond acceptors (Lipinski definition) is 5. The largest absolute Gasteiger partial charge is 0.356 e. The fraction of sp³-hybridized carbons (Fsp3) is 0.522. The first-order chi connectivity index (χ1) is 15.3. The molecule has 0 saturated carbocycles. The first kappa shape index (κ1) is 17.2. The minimum atomic E-state index is -1.54. The van der Waals surface area contributed by atoms with Gasteiger partial charge in [-0.05, 0) is 64.3 Å². The maximum absolute atomic E-state index is 13.4. The Hall–Kier alpha value is -2.54. The molecule has 0 spiro atoms. The molecule has 1 saturated heterocycles. The first-order valence-corrected chi connectivity index (χ1v) is 10.7. The lowest BCUT2D eigenvalue weighted by molar-refractivity contribution is 0.211. The van der Waals surface area contributed by atoms with Crippen molar-refractivity contribution in [2.24, 2.45) is 0 Å². The van der Waals surface area contributed by atoms with E-state index in [-0.39, 0.29) is 23.1 Å². The van der Waals surface area contributed by atoms with Crippen LogP contribution in [-0.2, 0) is 19.3 Å². The fourth-order valence-corrected chi connectivity index (χ4v) is 4.69. The number of nitrogens with zero attached hydrogens (tertiary/aromatic N) is 4. The van der Waals surface area contributed by atoms with E-state index in [4.69, 9.17) is 7.26 Å². The van der Waals surface area contributed by atoms with Crippen molar-refractivity contribution in [3.63, 3.8) is 0 Å². The number of rotatable bonds is 4.